The molecule has 0 aliphatic heterocycles. The minimum atomic E-state index is -0.385. The highest BCUT2D eigenvalue weighted by Crippen LogP contribution is 2.16. The summed E-state index contributed by atoms with van der Waals surface area (Å²) >= 11 is 1.39. The molecule has 0 aliphatic rings. The molecule has 1 N–H and O–H groups in total. The van der Waals surface area contributed by atoms with E-state index in [0.717, 1.165) is 11.1 Å². The lowest BCUT2D eigenvalue weighted by Gasteiger charge is -2.03. The number of rotatable bonds is 4. The molecule has 0 unspecified atom stereocenters. The zero-order valence-electron chi connectivity index (χ0n) is 11.3. The molecular weight excluding hydrogens is 290 g/mol. The van der Waals surface area contributed by atoms with Gasteiger partial charge >= 0.3 is 5.76 Å². The van der Waals surface area contributed by atoms with Crippen LogP contribution in [0.5, 0.6) is 0 Å². The summed E-state index contributed by atoms with van der Waals surface area (Å²) in [5.41, 5.74) is 2.27. The molecule has 0 saturated carbocycles. The average molecular weight is 303 g/mol. The number of fused-ring (bicyclic) bond motifs is 1. The number of thiazole rings is 1. The van der Waals surface area contributed by atoms with E-state index in [9.17, 15) is 9.59 Å². The number of amides is 1. The first-order chi connectivity index (χ1) is 10.1. The smallest absolute Gasteiger partial charge is 0.408 e. The number of carbonyl (C=O) groups is 1. The molecule has 21 heavy (non-hydrogen) atoms. The number of carbonyl (C=O) groups excluding carboxylic acids is 1. The minimum Gasteiger partial charge on any atom is -0.408 e. The Hall–Kier alpha value is -2.41. The van der Waals surface area contributed by atoms with Crippen molar-refractivity contribution in [2.75, 3.05) is 5.32 Å². The maximum Gasteiger partial charge on any atom is 0.419 e. The molecule has 7 heteroatoms. The maximum atomic E-state index is 11.8. The lowest BCUT2D eigenvalue weighted by atomic mass is 10.1. The second-order valence-electron chi connectivity index (χ2n) is 4.61. The van der Waals surface area contributed by atoms with Crippen molar-refractivity contribution >= 4 is 33.5 Å². The van der Waals surface area contributed by atoms with Crippen LogP contribution in [-0.4, -0.2) is 15.5 Å². The molecule has 0 radical (unpaired) electrons. The standard InChI is InChI=1S/C14H13N3O3S/c1-17-10-8-9(2-4-11(10)20-14(17)19)3-5-12(18)16-13-15-6-7-21-13/h2,4,6-8H,3,5H2,1H3,(H,15,16,18). The lowest BCUT2D eigenvalue weighted by molar-refractivity contribution is -0.116. The van der Waals surface area contributed by atoms with Gasteiger partial charge in [-0.1, -0.05) is 6.07 Å². The Balaban J connectivity index is 1.69. The van der Waals surface area contributed by atoms with Crippen LogP contribution < -0.4 is 11.1 Å². The van der Waals surface area contributed by atoms with Gasteiger partial charge in [0.15, 0.2) is 10.7 Å². The molecule has 0 spiro atoms. The topological polar surface area (TPSA) is 77.1 Å². The zero-order valence-corrected chi connectivity index (χ0v) is 12.1. The largest absolute Gasteiger partial charge is 0.419 e. The number of nitrogens with one attached hydrogen (secondary N) is 1. The molecule has 2 heterocycles. The molecule has 3 aromatic rings. The lowest BCUT2D eigenvalue weighted by Crippen LogP contribution is -2.12. The molecule has 1 aromatic carbocycles. The number of oxazole rings is 1. The number of nitrogens with zero attached hydrogens (tertiary/aromatic N) is 2. The molecule has 0 fully saturated rings. The number of aromatic nitrogens is 2. The Morgan fingerprint density at radius 1 is 1.48 bits per heavy atom. The molecule has 3 rings (SSSR count). The van der Waals surface area contributed by atoms with E-state index in [1.54, 1.807) is 19.3 Å². The van der Waals surface area contributed by atoms with Gasteiger partial charge in [0, 0.05) is 25.0 Å². The molecule has 2 aromatic heterocycles. The summed E-state index contributed by atoms with van der Waals surface area (Å²) in [6.07, 6.45) is 2.59. The summed E-state index contributed by atoms with van der Waals surface area (Å²) in [6, 6.07) is 5.49. The third-order valence-corrected chi connectivity index (χ3v) is 3.86. The van der Waals surface area contributed by atoms with Crippen LogP contribution in [0.25, 0.3) is 11.1 Å². The van der Waals surface area contributed by atoms with E-state index in [-0.39, 0.29) is 11.7 Å². The van der Waals surface area contributed by atoms with E-state index in [1.807, 2.05) is 17.5 Å². The van der Waals surface area contributed by atoms with Crippen LogP contribution in [0.2, 0.25) is 0 Å². The van der Waals surface area contributed by atoms with Gasteiger partial charge in [-0.25, -0.2) is 9.78 Å². The van der Waals surface area contributed by atoms with Crippen LogP contribution >= 0.6 is 11.3 Å². The summed E-state index contributed by atoms with van der Waals surface area (Å²) < 4.78 is 6.52. The molecular formula is C14H13N3O3S. The first kappa shape index (κ1) is 13.6. The first-order valence-corrected chi connectivity index (χ1v) is 7.29. The van der Waals surface area contributed by atoms with Gasteiger partial charge < -0.3 is 9.73 Å². The number of hydrogen-bond donors (Lipinski definition) is 1. The van der Waals surface area contributed by atoms with Crippen LogP contribution in [-0.2, 0) is 18.3 Å². The van der Waals surface area contributed by atoms with Crippen molar-refractivity contribution in [3.8, 4) is 0 Å². The quantitative estimate of drug-likeness (QED) is 0.801. The highest BCUT2D eigenvalue weighted by Gasteiger charge is 2.08. The van der Waals surface area contributed by atoms with Crippen LogP contribution in [0.4, 0.5) is 5.13 Å². The Labute approximate surface area is 124 Å². The summed E-state index contributed by atoms with van der Waals surface area (Å²) in [5.74, 6) is -0.463. The van der Waals surface area contributed by atoms with Gasteiger partial charge in [-0.3, -0.25) is 9.36 Å². The highest BCUT2D eigenvalue weighted by molar-refractivity contribution is 7.13. The Morgan fingerprint density at radius 3 is 3.10 bits per heavy atom. The predicted octanol–water partition coefficient (Wildman–Crippen LogP) is 2.16. The van der Waals surface area contributed by atoms with Crippen molar-refractivity contribution in [3.05, 3.63) is 45.9 Å². The Bertz CT molecular complexity index is 833. The average Bonchev–Trinajstić information content (AvgIpc) is 3.07. The Morgan fingerprint density at radius 2 is 2.33 bits per heavy atom. The van der Waals surface area contributed by atoms with Crippen molar-refractivity contribution in [1.82, 2.24) is 9.55 Å². The molecule has 0 bridgehead atoms. The molecule has 0 saturated heterocycles. The molecule has 108 valence electrons. The van der Waals surface area contributed by atoms with E-state index >= 15 is 0 Å². The second-order valence-corrected chi connectivity index (χ2v) is 5.51. The van der Waals surface area contributed by atoms with Gasteiger partial charge in [0.05, 0.1) is 5.52 Å². The fourth-order valence-corrected chi connectivity index (χ4v) is 2.60. The van der Waals surface area contributed by atoms with Gasteiger partial charge in [-0.05, 0) is 24.1 Å². The van der Waals surface area contributed by atoms with E-state index < -0.39 is 0 Å². The van der Waals surface area contributed by atoms with E-state index in [0.29, 0.717) is 23.6 Å². The number of hydrogen-bond acceptors (Lipinski definition) is 5. The van der Waals surface area contributed by atoms with Crippen molar-refractivity contribution in [2.45, 2.75) is 12.8 Å². The normalized spacial score (nSPS) is 10.9. The second kappa shape index (κ2) is 5.53. The van der Waals surface area contributed by atoms with Crippen LogP contribution in [0.15, 0.2) is 39.0 Å². The van der Waals surface area contributed by atoms with Gasteiger partial charge in [0.25, 0.3) is 0 Å². The summed E-state index contributed by atoms with van der Waals surface area (Å²) in [4.78, 5) is 27.2. The van der Waals surface area contributed by atoms with Crippen LogP contribution in [0.3, 0.4) is 0 Å². The van der Waals surface area contributed by atoms with Crippen LogP contribution in [0.1, 0.15) is 12.0 Å². The van der Waals surface area contributed by atoms with Crippen molar-refractivity contribution in [3.63, 3.8) is 0 Å². The molecule has 6 nitrogen and oxygen atoms in total. The summed E-state index contributed by atoms with van der Waals surface area (Å²) in [6.45, 7) is 0. The predicted molar refractivity (Wildman–Crippen MR) is 80.5 cm³/mol. The van der Waals surface area contributed by atoms with Crippen molar-refractivity contribution in [1.29, 1.82) is 0 Å². The summed E-state index contributed by atoms with van der Waals surface area (Å²) in [7, 11) is 1.66. The van der Waals surface area contributed by atoms with Gasteiger partial charge in [0.2, 0.25) is 5.91 Å². The van der Waals surface area contributed by atoms with Crippen molar-refractivity contribution < 1.29 is 9.21 Å². The van der Waals surface area contributed by atoms with Crippen molar-refractivity contribution in [2.24, 2.45) is 7.05 Å². The minimum absolute atomic E-state index is 0.0777. The van der Waals surface area contributed by atoms with E-state index in [2.05, 4.69) is 10.3 Å². The van der Waals surface area contributed by atoms with E-state index in [1.165, 1.54) is 15.9 Å². The number of benzene rings is 1. The van der Waals surface area contributed by atoms with E-state index in [4.69, 9.17) is 4.42 Å². The fourth-order valence-electron chi connectivity index (χ4n) is 2.05. The summed E-state index contributed by atoms with van der Waals surface area (Å²) in [5, 5.41) is 5.15. The first-order valence-electron chi connectivity index (χ1n) is 6.41. The fraction of sp³-hybridized carbons (Fsp3) is 0.214. The zero-order chi connectivity index (χ0) is 14.8. The SMILES string of the molecule is Cn1c(=O)oc2ccc(CCC(=O)Nc3nccs3)cc21. The Kier molecular flexibility index (Phi) is 3.57. The van der Waals surface area contributed by atoms with Gasteiger partial charge in [-0.15, -0.1) is 11.3 Å². The van der Waals surface area contributed by atoms with Gasteiger partial charge in [0.1, 0.15) is 0 Å². The molecule has 0 atom stereocenters. The third kappa shape index (κ3) is 2.87. The van der Waals surface area contributed by atoms with Crippen LogP contribution in [0, 0.1) is 0 Å². The monoisotopic (exact) mass is 303 g/mol. The molecule has 1 amide bonds. The highest BCUT2D eigenvalue weighted by atomic mass is 32.1. The maximum absolute atomic E-state index is 11.8. The van der Waals surface area contributed by atoms with Gasteiger partial charge in [-0.2, -0.15) is 0 Å². The number of aryl methyl sites for hydroxylation is 2. The molecule has 0 aliphatic carbocycles. The number of anilines is 1. The third-order valence-electron chi connectivity index (χ3n) is 3.18.